The fraction of sp³-hybridized carbons (Fsp3) is 0.238. The smallest absolute Gasteiger partial charge is 0.270 e. The first-order valence-corrected chi connectivity index (χ1v) is 11.1. The number of benzene rings is 2. The van der Waals surface area contributed by atoms with Gasteiger partial charge in [0.15, 0.2) is 15.8 Å². The Morgan fingerprint density at radius 2 is 2.07 bits per heavy atom. The average Bonchev–Trinajstić information content (AvgIpc) is 2.93. The minimum atomic E-state index is -0.110. The van der Waals surface area contributed by atoms with Crippen molar-refractivity contribution in [1.29, 1.82) is 0 Å². The van der Waals surface area contributed by atoms with E-state index in [4.69, 9.17) is 21.7 Å². The Kier molecular flexibility index (Phi) is 7.00. The van der Waals surface area contributed by atoms with Crippen LogP contribution in [0.2, 0.25) is 0 Å². The third-order valence-electron chi connectivity index (χ3n) is 4.05. The second-order valence-electron chi connectivity index (χ2n) is 6.24. The zero-order valence-corrected chi connectivity index (χ0v) is 19.6. The molecule has 2 aromatic carbocycles. The molecule has 0 radical (unpaired) electrons. The molecule has 28 heavy (non-hydrogen) atoms. The molecule has 2 aromatic rings. The maximum atomic E-state index is 13.0. The van der Waals surface area contributed by atoms with Gasteiger partial charge in [-0.25, -0.2) is 0 Å². The second kappa shape index (κ2) is 9.28. The van der Waals surface area contributed by atoms with Gasteiger partial charge in [0.2, 0.25) is 0 Å². The van der Waals surface area contributed by atoms with Crippen LogP contribution < -0.4 is 14.4 Å². The molecule has 0 unspecified atom stereocenters. The lowest BCUT2D eigenvalue weighted by Gasteiger charge is -2.15. The molecule has 0 saturated carbocycles. The van der Waals surface area contributed by atoms with Crippen LogP contribution in [0.25, 0.3) is 6.08 Å². The number of amides is 1. The number of aryl methyl sites for hydroxylation is 1. The number of methoxy groups -OCH3 is 1. The standard InChI is InChI=1S/C21H20INO3S2/c1-4-8-26-19-16(22)10-14(11-17(19)25-3)12-18-20(24)23(21(27)28-18)15-7-5-6-13(2)9-15/h5-7,9-12H,4,8H2,1-3H3/b18-12+. The fourth-order valence-electron chi connectivity index (χ4n) is 2.78. The van der Waals surface area contributed by atoms with Gasteiger partial charge in [0, 0.05) is 0 Å². The largest absolute Gasteiger partial charge is 0.493 e. The van der Waals surface area contributed by atoms with Crippen molar-refractivity contribution in [2.45, 2.75) is 20.3 Å². The van der Waals surface area contributed by atoms with Gasteiger partial charge in [0.05, 0.1) is 27.9 Å². The number of carbonyl (C=O) groups is 1. The number of hydrogen-bond donors (Lipinski definition) is 0. The predicted octanol–water partition coefficient (Wildman–Crippen LogP) is 5.80. The van der Waals surface area contributed by atoms with E-state index >= 15 is 0 Å². The normalized spacial score (nSPS) is 15.4. The summed E-state index contributed by atoms with van der Waals surface area (Å²) in [6.07, 6.45) is 2.77. The highest BCUT2D eigenvalue weighted by Crippen LogP contribution is 2.39. The first-order valence-electron chi connectivity index (χ1n) is 8.79. The zero-order valence-electron chi connectivity index (χ0n) is 15.8. The Bertz CT molecular complexity index is 959. The lowest BCUT2D eigenvalue weighted by atomic mass is 10.1. The zero-order chi connectivity index (χ0) is 20.3. The highest BCUT2D eigenvalue weighted by atomic mass is 127. The molecule has 3 rings (SSSR count). The molecule has 1 aliphatic rings. The Hall–Kier alpha value is -1.58. The van der Waals surface area contributed by atoms with Gasteiger partial charge in [-0.05, 0) is 77.4 Å². The Morgan fingerprint density at radius 3 is 2.75 bits per heavy atom. The first kappa shape index (κ1) is 21.1. The van der Waals surface area contributed by atoms with Gasteiger partial charge in [0.25, 0.3) is 5.91 Å². The lowest BCUT2D eigenvalue weighted by molar-refractivity contribution is -0.113. The molecular formula is C21H20INO3S2. The molecule has 0 spiro atoms. The summed E-state index contributed by atoms with van der Waals surface area (Å²) in [6, 6.07) is 11.6. The van der Waals surface area contributed by atoms with Crippen LogP contribution in [-0.4, -0.2) is 23.9 Å². The number of halogens is 1. The molecule has 1 fully saturated rings. The van der Waals surface area contributed by atoms with Crippen molar-refractivity contribution in [1.82, 2.24) is 0 Å². The first-order chi connectivity index (χ1) is 13.4. The topological polar surface area (TPSA) is 38.8 Å². The summed E-state index contributed by atoms with van der Waals surface area (Å²) in [7, 11) is 1.62. The molecule has 1 saturated heterocycles. The van der Waals surface area contributed by atoms with Crippen molar-refractivity contribution in [2.75, 3.05) is 18.6 Å². The number of thioether (sulfide) groups is 1. The Labute approximate surface area is 188 Å². The predicted molar refractivity (Wildman–Crippen MR) is 128 cm³/mol. The van der Waals surface area contributed by atoms with Crippen molar-refractivity contribution < 1.29 is 14.3 Å². The van der Waals surface area contributed by atoms with E-state index in [9.17, 15) is 4.79 Å². The van der Waals surface area contributed by atoms with Crippen molar-refractivity contribution in [3.8, 4) is 11.5 Å². The van der Waals surface area contributed by atoms with Gasteiger partial charge < -0.3 is 9.47 Å². The minimum absolute atomic E-state index is 0.110. The molecule has 0 aliphatic carbocycles. The van der Waals surface area contributed by atoms with Crippen LogP contribution in [0, 0.1) is 10.5 Å². The van der Waals surface area contributed by atoms with Gasteiger partial charge in [-0.15, -0.1) is 0 Å². The fourth-order valence-corrected chi connectivity index (χ4v) is 4.86. The molecule has 4 nitrogen and oxygen atoms in total. The monoisotopic (exact) mass is 525 g/mol. The summed E-state index contributed by atoms with van der Waals surface area (Å²) in [5, 5.41) is 0. The summed E-state index contributed by atoms with van der Waals surface area (Å²) in [5.41, 5.74) is 2.74. The Morgan fingerprint density at radius 1 is 1.29 bits per heavy atom. The molecule has 146 valence electrons. The number of rotatable bonds is 6. The highest BCUT2D eigenvalue weighted by Gasteiger charge is 2.33. The molecule has 0 aromatic heterocycles. The molecule has 7 heteroatoms. The second-order valence-corrected chi connectivity index (χ2v) is 9.08. The molecule has 1 aliphatic heterocycles. The molecule has 0 N–H and O–H groups in total. The summed E-state index contributed by atoms with van der Waals surface area (Å²) in [5.74, 6) is 1.27. The Balaban J connectivity index is 1.92. The molecule has 1 amide bonds. The van der Waals surface area contributed by atoms with Crippen molar-refractivity contribution >= 4 is 68.6 Å². The third kappa shape index (κ3) is 4.52. The van der Waals surface area contributed by atoms with Gasteiger partial charge in [0.1, 0.15) is 0 Å². The van der Waals surface area contributed by atoms with Crippen LogP contribution in [0.5, 0.6) is 11.5 Å². The van der Waals surface area contributed by atoms with Crippen LogP contribution >= 0.6 is 46.6 Å². The van der Waals surface area contributed by atoms with E-state index in [0.29, 0.717) is 21.6 Å². The number of hydrogen-bond acceptors (Lipinski definition) is 5. The number of ether oxygens (including phenoxy) is 2. The van der Waals surface area contributed by atoms with Crippen LogP contribution in [0.3, 0.4) is 0 Å². The van der Waals surface area contributed by atoms with Crippen molar-refractivity contribution in [2.24, 2.45) is 0 Å². The van der Waals surface area contributed by atoms with E-state index in [2.05, 4.69) is 29.5 Å². The van der Waals surface area contributed by atoms with E-state index in [-0.39, 0.29) is 5.91 Å². The van der Waals surface area contributed by atoms with Gasteiger partial charge in [-0.1, -0.05) is 43.0 Å². The maximum Gasteiger partial charge on any atom is 0.270 e. The molecular weight excluding hydrogens is 505 g/mol. The summed E-state index contributed by atoms with van der Waals surface area (Å²) in [4.78, 5) is 15.1. The van der Waals surface area contributed by atoms with Crippen LogP contribution in [0.15, 0.2) is 41.3 Å². The number of nitrogens with zero attached hydrogens (tertiary/aromatic N) is 1. The van der Waals surface area contributed by atoms with E-state index in [1.165, 1.54) is 11.8 Å². The SMILES string of the molecule is CCCOc1c(I)cc(/C=C2/SC(=S)N(c3cccc(C)c3)C2=O)cc1OC. The number of carbonyl (C=O) groups excluding carboxylic acids is 1. The maximum absolute atomic E-state index is 13.0. The van der Waals surface area contributed by atoms with Crippen molar-refractivity contribution in [3.63, 3.8) is 0 Å². The van der Waals surface area contributed by atoms with E-state index in [1.54, 1.807) is 12.0 Å². The molecule has 1 heterocycles. The van der Waals surface area contributed by atoms with Crippen molar-refractivity contribution in [3.05, 3.63) is 56.0 Å². The van der Waals surface area contributed by atoms with E-state index in [0.717, 1.165) is 32.6 Å². The van der Waals surface area contributed by atoms with E-state index < -0.39 is 0 Å². The quantitative estimate of drug-likeness (QED) is 0.271. The number of anilines is 1. The molecule has 0 bridgehead atoms. The van der Waals surface area contributed by atoms with Crippen LogP contribution in [0.4, 0.5) is 5.69 Å². The van der Waals surface area contributed by atoms with Gasteiger partial charge >= 0.3 is 0 Å². The number of thiocarbonyl (C=S) groups is 1. The lowest BCUT2D eigenvalue weighted by Crippen LogP contribution is -2.27. The van der Waals surface area contributed by atoms with E-state index in [1.807, 2.05) is 49.4 Å². The third-order valence-corrected chi connectivity index (χ3v) is 6.16. The average molecular weight is 525 g/mol. The minimum Gasteiger partial charge on any atom is -0.493 e. The van der Waals surface area contributed by atoms with Crippen LogP contribution in [-0.2, 0) is 4.79 Å². The summed E-state index contributed by atoms with van der Waals surface area (Å²) in [6.45, 7) is 4.68. The van der Waals surface area contributed by atoms with Gasteiger partial charge in [-0.2, -0.15) is 0 Å². The summed E-state index contributed by atoms with van der Waals surface area (Å²) < 4.78 is 12.8. The van der Waals surface area contributed by atoms with Gasteiger partial charge in [-0.3, -0.25) is 9.69 Å². The van der Waals surface area contributed by atoms with Crippen LogP contribution in [0.1, 0.15) is 24.5 Å². The highest BCUT2D eigenvalue weighted by molar-refractivity contribution is 14.1. The molecule has 0 atom stereocenters. The summed E-state index contributed by atoms with van der Waals surface area (Å²) >= 11 is 8.99.